The number of anilines is 1. The van der Waals surface area contributed by atoms with Crippen LogP contribution in [0.2, 0.25) is 0 Å². The maximum atomic E-state index is 12.5. The van der Waals surface area contributed by atoms with Crippen LogP contribution in [0.1, 0.15) is 5.56 Å². The average molecular weight is 435 g/mol. The maximum Gasteiger partial charge on any atom is 0.265 e. The number of hydrogen-bond acceptors (Lipinski definition) is 3. The van der Waals surface area contributed by atoms with Gasteiger partial charge in [-0.25, -0.2) is 8.42 Å². The predicted molar refractivity (Wildman–Crippen MR) is 90.4 cm³/mol. The second kappa shape index (κ2) is 6.37. The molecule has 0 amide bonds. The molecule has 112 valence electrons. The van der Waals surface area contributed by atoms with Crippen molar-refractivity contribution in [3.8, 4) is 5.75 Å². The fourth-order valence-corrected chi connectivity index (χ4v) is 4.22. The molecule has 0 aliphatic carbocycles. The lowest BCUT2D eigenvalue weighted by Crippen LogP contribution is -2.14. The summed E-state index contributed by atoms with van der Waals surface area (Å²) in [7, 11) is -2.30. The van der Waals surface area contributed by atoms with Gasteiger partial charge in [0.25, 0.3) is 10.0 Å². The van der Waals surface area contributed by atoms with Crippen molar-refractivity contribution >= 4 is 47.6 Å². The first-order valence-corrected chi connectivity index (χ1v) is 9.02. The zero-order chi connectivity index (χ0) is 15.6. The van der Waals surface area contributed by atoms with Gasteiger partial charge >= 0.3 is 0 Å². The molecule has 0 heterocycles. The van der Waals surface area contributed by atoms with Crippen molar-refractivity contribution in [2.45, 2.75) is 11.8 Å². The minimum Gasteiger partial charge on any atom is -0.495 e. The zero-order valence-electron chi connectivity index (χ0n) is 11.4. The standard InChI is InChI=1S/C14H13Br2NO3S/c1-9-5-11(16)7-12(6-9)17-21(18,19)14-8-10(15)3-4-13(14)20-2/h3-8,17H,1-2H3. The monoisotopic (exact) mass is 433 g/mol. The molecule has 4 nitrogen and oxygen atoms in total. The number of methoxy groups -OCH3 is 1. The molecule has 0 aliphatic rings. The number of halogens is 2. The van der Waals surface area contributed by atoms with Gasteiger partial charge in [0.2, 0.25) is 0 Å². The van der Waals surface area contributed by atoms with Gasteiger partial charge in [0.1, 0.15) is 10.6 Å². The third-order valence-electron chi connectivity index (χ3n) is 2.71. The number of aryl methyl sites for hydroxylation is 1. The third kappa shape index (κ3) is 3.99. The Morgan fingerprint density at radius 2 is 1.76 bits per heavy atom. The van der Waals surface area contributed by atoms with E-state index in [1.54, 1.807) is 24.3 Å². The van der Waals surface area contributed by atoms with Crippen molar-refractivity contribution in [2.75, 3.05) is 11.8 Å². The van der Waals surface area contributed by atoms with Gasteiger partial charge in [-0.1, -0.05) is 31.9 Å². The summed E-state index contributed by atoms with van der Waals surface area (Å²) in [6.07, 6.45) is 0. The molecule has 1 N–H and O–H groups in total. The quantitative estimate of drug-likeness (QED) is 0.778. The Labute approximate surface area is 140 Å². The van der Waals surface area contributed by atoms with Crippen LogP contribution in [0.5, 0.6) is 5.75 Å². The zero-order valence-corrected chi connectivity index (χ0v) is 15.3. The molecule has 0 unspecified atom stereocenters. The summed E-state index contributed by atoms with van der Waals surface area (Å²) in [4.78, 5) is 0.0806. The van der Waals surface area contributed by atoms with E-state index in [-0.39, 0.29) is 10.6 Å². The fraction of sp³-hybridized carbons (Fsp3) is 0.143. The van der Waals surface area contributed by atoms with Gasteiger partial charge in [-0.15, -0.1) is 0 Å². The van der Waals surface area contributed by atoms with Crippen molar-refractivity contribution in [1.82, 2.24) is 0 Å². The Morgan fingerprint density at radius 1 is 1.05 bits per heavy atom. The fourth-order valence-electron chi connectivity index (χ4n) is 1.87. The molecular weight excluding hydrogens is 422 g/mol. The minimum absolute atomic E-state index is 0.0806. The third-order valence-corrected chi connectivity index (χ3v) is 5.06. The van der Waals surface area contributed by atoms with Gasteiger partial charge in [-0.05, 0) is 48.9 Å². The molecule has 2 aromatic rings. The van der Waals surface area contributed by atoms with E-state index in [1.165, 1.54) is 13.2 Å². The Bertz CT molecular complexity index is 756. The predicted octanol–water partition coefficient (Wildman–Crippen LogP) is 4.33. The van der Waals surface area contributed by atoms with Crippen LogP contribution in [0.3, 0.4) is 0 Å². The molecule has 0 aromatic heterocycles. The Balaban J connectivity index is 2.45. The van der Waals surface area contributed by atoms with Gasteiger partial charge < -0.3 is 4.74 Å². The second-order valence-corrected chi connectivity index (χ2v) is 7.90. The van der Waals surface area contributed by atoms with Crippen LogP contribution in [0, 0.1) is 6.92 Å². The van der Waals surface area contributed by atoms with E-state index in [0.29, 0.717) is 10.2 Å². The van der Waals surface area contributed by atoms with Gasteiger partial charge in [0.15, 0.2) is 0 Å². The van der Waals surface area contributed by atoms with Crippen LogP contribution in [0.4, 0.5) is 5.69 Å². The lowest BCUT2D eigenvalue weighted by molar-refractivity contribution is 0.403. The number of nitrogens with one attached hydrogen (secondary N) is 1. The molecular formula is C14H13Br2NO3S. The van der Waals surface area contributed by atoms with Crippen molar-refractivity contribution in [3.63, 3.8) is 0 Å². The molecule has 0 radical (unpaired) electrons. The van der Waals surface area contributed by atoms with Crippen molar-refractivity contribution < 1.29 is 13.2 Å². The molecule has 0 saturated heterocycles. The Hall–Kier alpha value is -1.05. The van der Waals surface area contributed by atoms with Gasteiger partial charge in [0, 0.05) is 8.95 Å². The van der Waals surface area contributed by atoms with E-state index >= 15 is 0 Å². The number of sulfonamides is 1. The summed E-state index contributed by atoms with van der Waals surface area (Å²) < 4.78 is 34.2. The van der Waals surface area contributed by atoms with E-state index in [0.717, 1.165) is 10.0 Å². The second-order valence-electron chi connectivity index (χ2n) is 4.42. The summed E-state index contributed by atoms with van der Waals surface area (Å²) >= 11 is 6.62. The lowest BCUT2D eigenvalue weighted by atomic mass is 10.2. The number of ether oxygens (including phenoxy) is 1. The topological polar surface area (TPSA) is 55.4 Å². The summed E-state index contributed by atoms with van der Waals surface area (Å²) in [5.41, 5.74) is 1.44. The van der Waals surface area contributed by atoms with E-state index in [9.17, 15) is 8.42 Å². The first-order chi connectivity index (χ1) is 9.81. The molecule has 2 aromatic carbocycles. The molecule has 0 aliphatic heterocycles. The molecule has 0 saturated carbocycles. The van der Waals surface area contributed by atoms with Crippen molar-refractivity contribution in [2.24, 2.45) is 0 Å². The highest BCUT2D eigenvalue weighted by Crippen LogP contribution is 2.29. The molecule has 0 fully saturated rings. The smallest absolute Gasteiger partial charge is 0.265 e. The SMILES string of the molecule is COc1ccc(Br)cc1S(=O)(=O)Nc1cc(C)cc(Br)c1. The van der Waals surface area contributed by atoms with Crippen molar-refractivity contribution in [3.05, 3.63) is 50.9 Å². The van der Waals surface area contributed by atoms with Gasteiger partial charge in [-0.2, -0.15) is 0 Å². The van der Waals surface area contributed by atoms with E-state index in [2.05, 4.69) is 36.6 Å². The van der Waals surface area contributed by atoms with Crippen LogP contribution in [0.15, 0.2) is 50.2 Å². The van der Waals surface area contributed by atoms with Gasteiger partial charge in [-0.3, -0.25) is 4.72 Å². The highest BCUT2D eigenvalue weighted by molar-refractivity contribution is 9.10. The molecule has 0 atom stereocenters. The van der Waals surface area contributed by atoms with Crippen LogP contribution < -0.4 is 9.46 Å². The first-order valence-electron chi connectivity index (χ1n) is 5.95. The van der Waals surface area contributed by atoms with Crippen LogP contribution in [-0.4, -0.2) is 15.5 Å². The minimum atomic E-state index is -3.74. The average Bonchev–Trinajstić information content (AvgIpc) is 2.36. The van der Waals surface area contributed by atoms with Crippen LogP contribution >= 0.6 is 31.9 Å². The highest BCUT2D eigenvalue weighted by Gasteiger charge is 2.20. The largest absolute Gasteiger partial charge is 0.495 e. The number of hydrogen-bond donors (Lipinski definition) is 1. The summed E-state index contributed by atoms with van der Waals surface area (Å²) in [6.45, 7) is 1.89. The molecule has 7 heteroatoms. The van der Waals surface area contributed by atoms with E-state index in [1.807, 2.05) is 13.0 Å². The molecule has 21 heavy (non-hydrogen) atoms. The number of benzene rings is 2. The normalized spacial score (nSPS) is 11.2. The molecule has 2 rings (SSSR count). The highest BCUT2D eigenvalue weighted by atomic mass is 79.9. The van der Waals surface area contributed by atoms with E-state index < -0.39 is 10.0 Å². The molecule has 0 bridgehead atoms. The first kappa shape index (κ1) is 16.3. The van der Waals surface area contributed by atoms with Crippen LogP contribution in [0.25, 0.3) is 0 Å². The maximum absolute atomic E-state index is 12.5. The van der Waals surface area contributed by atoms with E-state index in [4.69, 9.17) is 4.74 Å². The summed E-state index contributed by atoms with van der Waals surface area (Å²) in [6, 6.07) is 10.2. The Kier molecular flexibility index (Phi) is 4.95. The summed E-state index contributed by atoms with van der Waals surface area (Å²) in [5, 5.41) is 0. The summed E-state index contributed by atoms with van der Waals surface area (Å²) in [5.74, 6) is 0.289. The number of rotatable bonds is 4. The van der Waals surface area contributed by atoms with Crippen LogP contribution in [-0.2, 0) is 10.0 Å². The Morgan fingerprint density at radius 3 is 2.38 bits per heavy atom. The van der Waals surface area contributed by atoms with Crippen molar-refractivity contribution in [1.29, 1.82) is 0 Å². The van der Waals surface area contributed by atoms with Gasteiger partial charge in [0.05, 0.1) is 12.8 Å². The lowest BCUT2D eigenvalue weighted by Gasteiger charge is -2.12. The molecule has 0 spiro atoms.